The molecule has 0 aliphatic rings. The number of benzene rings is 1. The van der Waals surface area contributed by atoms with Gasteiger partial charge in [0.05, 0.1) is 31.2 Å². The van der Waals surface area contributed by atoms with Crippen molar-refractivity contribution in [1.29, 1.82) is 0 Å². The van der Waals surface area contributed by atoms with Crippen LogP contribution in [0.2, 0.25) is 0 Å². The lowest BCUT2D eigenvalue weighted by Crippen LogP contribution is -2.43. The number of esters is 1. The van der Waals surface area contributed by atoms with Crippen LogP contribution in [-0.4, -0.2) is 61.1 Å². The van der Waals surface area contributed by atoms with Crippen molar-refractivity contribution in [1.82, 2.24) is 30.5 Å². The van der Waals surface area contributed by atoms with Gasteiger partial charge in [-0.05, 0) is 70.5 Å². The van der Waals surface area contributed by atoms with Gasteiger partial charge >= 0.3 is 12.1 Å². The monoisotopic (exact) mass is 542 g/mol. The number of amides is 1. The van der Waals surface area contributed by atoms with Crippen molar-refractivity contribution in [2.75, 3.05) is 6.61 Å². The maximum atomic E-state index is 14.9. The summed E-state index contributed by atoms with van der Waals surface area (Å²) in [5, 5.41) is 14.8. The molecule has 0 unspecified atom stereocenters. The molecule has 39 heavy (non-hydrogen) atoms. The molecule has 1 aromatic carbocycles. The lowest BCUT2D eigenvalue weighted by molar-refractivity contribution is -0.155. The summed E-state index contributed by atoms with van der Waals surface area (Å²) in [6.07, 6.45) is 3.22. The Kier molecular flexibility index (Phi) is 9.55. The lowest BCUT2D eigenvalue weighted by Gasteiger charge is -2.24. The van der Waals surface area contributed by atoms with Gasteiger partial charge in [0.15, 0.2) is 0 Å². The topological polar surface area (TPSA) is 130 Å². The third-order valence-corrected chi connectivity index (χ3v) is 4.95. The maximum absolute atomic E-state index is 14.9. The molecule has 11 nitrogen and oxygen atoms in total. The highest BCUT2D eigenvalue weighted by Gasteiger charge is 2.26. The van der Waals surface area contributed by atoms with Crippen LogP contribution in [0.15, 0.2) is 42.7 Å². The van der Waals surface area contributed by atoms with Crippen LogP contribution in [0.5, 0.6) is 5.75 Å². The fraction of sp³-hybridized carbons (Fsp3) is 0.481. The van der Waals surface area contributed by atoms with Gasteiger partial charge in [-0.25, -0.2) is 9.18 Å². The maximum Gasteiger partial charge on any atom is 0.407 e. The molecule has 0 radical (unpaired) electrons. The number of nitrogens with one attached hydrogen (secondary N) is 1. The second-order valence-corrected chi connectivity index (χ2v) is 10.9. The van der Waals surface area contributed by atoms with Crippen molar-refractivity contribution in [3.8, 4) is 17.1 Å². The van der Waals surface area contributed by atoms with Gasteiger partial charge in [-0.2, -0.15) is 4.80 Å². The summed E-state index contributed by atoms with van der Waals surface area (Å²) in [5.41, 5.74) is -0.282. The third-order valence-electron chi connectivity index (χ3n) is 4.95. The Morgan fingerprint density at radius 1 is 1.08 bits per heavy atom. The van der Waals surface area contributed by atoms with E-state index in [0.717, 1.165) is 5.56 Å². The molecular formula is C27H35FN6O5. The number of nitrogens with zero attached hydrogens (tertiary/aromatic N) is 5. The summed E-state index contributed by atoms with van der Waals surface area (Å²) in [6.45, 7) is 10.8. The average molecular weight is 543 g/mol. The van der Waals surface area contributed by atoms with Crippen LogP contribution >= 0.6 is 0 Å². The highest BCUT2D eigenvalue weighted by molar-refractivity contribution is 5.73. The molecule has 210 valence electrons. The largest absolute Gasteiger partial charge is 0.493 e. The Morgan fingerprint density at radius 3 is 2.46 bits per heavy atom. The number of pyridine rings is 1. The number of tetrazole rings is 1. The van der Waals surface area contributed by atoms with Crippen LogP contribution in [0.25, 0.3) is 11.4 Å². The predicted octanol–water partition coefficient (Wildman–Crippen LogP) is 4.12. The molecule has 1 N–H and O–H groups in total. The summed E-state index contributed by atoms with van der Waals surface area (Å²) in [6, 6.07) is 7.41. The Bertz CT molecular complexity index is 1220. The third kappa shape index (κ3) is 10.3. The van der Waals surface area contributed by atoms with Crippen molar-refractivity contribution < 1.29 is 28.2 Å². The van der Waals surface area contributed by atoms with E-state index < -0.39 is 35.1 Å². The summed E-state index contributed by atoms with van der Waals surface area (Å²) in [4.78, 5) is 30.0. The van der Waals surface area contributed by atoms with E-state index in [1.54, 1.807) is 60.0 Å². The summed E-state index contributed by atoms with van der Waals surface area (Å²) in [5.74, 6) is -0.686. The Hall–Kier alpha value is -4.09. The molecule has 3 rings (SSSR count). The molecule has 2 aromatic heterocycles. The van der Waals surface area contributed by atoms with E-state index in [1.807, 2.05) is 12.1 Å². The quantitative estimate of drug-likeness (QED) is 0.376. The molecule has 12 heteroatoms. The van der Waals surface area contributed by atoms with E-state index in [9.17, 15) is 14.0 Å². The zero-order chi connectivity index (χ0) is 28.6. The number of hydrogen-bond donors (Lipinski definition) is 1. The van der Waals surface area contributed by atoms with Crippen LogP contribution in [-0.2, 0) is 27.2 Å². The summed E-state index contributed by atoms with van der Waals surface area (Å²) >= 11 is 0. The zero-order valence-electron chi connectivity index (χ0n) is 23.1. The number of hydrogen-bond acceptors (Lipinski definition) is 9. The van der Waals surface area contributed by atoms with Gasteiger partial charge in [-0.3, -0.25) is 9.78 Å². The molecule has 0 spiro atoms. The summed E-state index contributed by atoms with van der Waals surface area (Å²) < 4.78 is 31.2. The molecule has 0 saturated carbocycles. The van der Waals surface area contributed by atoms with E-state index in [-0.39, 0.29) is 24.4 Å². The first-order chi connectivity index (χ1) is 18.3. The number of halogens is 1. The smallest absolute Gasteiger partial charge is 0.407 e. The first kappa shape index (κ1) is 29.5. The Labute approximate surface area is 227 Å². The fourth-order valence-electron chi connectivity index (χ4n) is 3.45. The van der Waals surface area contributed by atoms with Gasteiger partial charge in [0.1, 0.15) is 22.8 Å². The van der Waals surface area contributed by atoms with Crippen LogP contribution in [0.1, 0.15) is 53.5 Å². The number of aromatic nitrogens is 5. The van der Waals surface area contributed by atoms with Crippen LogP contribution in [0.4, 0.5) is 9.18 Å². The van der Waals surface area contributed by atoms with Gasteiger partial charge in [-0.15, -0.1) is 10.2 Å². The van der Waals surface area contributed by atoms with Crippen molar-refractivity contribution in [2.24, 2.45) is 0 Å². The molecule has 0 bridgehead atoms. The molecule has 0 aliphatic carbocycles. The minimum Gasteiger partial charge on any atom is -0.493 e. The lowest BCUT2D eigenvalue weighted by atomic mass is 10.1. The molecule has 0 saturated heterocycles. The van der Waals surface area contributed by atoms with Gasteiger partial charge in [0, 0.05) is 24.9 Å². The van der Waals surface area contributed by atoms with E-state index in [0.29, 0.717) is 18.8 Å². The van der Waals surface area contributed by atoms with Crippen molar-refractivity contribution in [3.05, 3.63) is 54.1 Å². The predicted molar refractivity (Wildman–Crippen MR) is 140 cm³/mol. The van der Waals surface area contributed by atoms with Gasteiger partial charge in [0.25, 0.3) is 0 Å². The van der Waals surface area contributed by atoms with Gasteiger partial charge in [-0.1, -0.05) is 6.07 Å². The van der Waals surface area contributed by atoms with Crippen molar-refractivity contribution in [2.45, 2.75) is 78.2 Å². The van der Waals surface area contributed by atoms with Crippen molar-refractivity contribution in [3.63, 3.8) is 0 Å². The number of carbonyl (C=O) groups excluding carboxylic acids is 2. The molecule has 0 aliphatic heterocycles. The van der Waals surface area contributed by atoms with E-state index in [4.69, 9.17) is 14.2 Å². The zero-order valence-corrected chi connectivity index (χ0v) is 23.1. The number of carbonyl (C=O) groups is 2. The fourth-order valence-corrected chi connectivity index (χ4v) is 3.45. The van der Waals surface area contributed by atoms with Crippen LogP contribution in [0, 0.1) is 5.82 Å². The Morgan fingerprint density at radius 2 is 1.82 bits per heavy atom. The van der Waals surface area contributed by atoms with Crippen LogP contribution < -0.4 is 10.1 Å². The van der Waals surface area contributed by atoms with Crippen molar-refractivity contribution >= 4 is 12.1 Å². The Balaban J connectivity index is 1.66. The molecule has 2 heterocycles. The minimum atomic E-state index is -0.766. The highest BCUT2D eigenvalue weighted by atomic mass is 19.1. The van der Waals surface area contributed by atoms with E-state index >= 15 is 0 Å². The minimum absolute atomic E-state index is 0.0252. The van der Waals surface area contributed by atoms with E-state index in [2.05, 4.69) is 25.7 Å². The first-order valence-electron chi connectivity index (χ1n) is 12.6. The van der Waals surface area contributed by atoms with E-state index in [1.165, 1.54) is 16.9 Å². The second kappa shape index (κ2) is 12.6. The van der Waals surface area contributed by atoms with Gasteiger partial charge < -0.3 is 19.5 Å². The molecule has 3 aromatic rings. The number of rotatable bonds is 10. The highest BCUT2D eigenvalue weighted by Crippen LogP contribution is 2.23. The average Bonchev–Trinajstić information content (AvgIpc) is 3.25. The second-order valence-electron chi connectivity index (χ2n) is 10.9. The number of ether oxygens (including phenoxy) is 3. The normalized spacial score (nSPS) is 12.5. The standard InChI is InChI=1S/C27H35FN6O5/c1-26(2,3)38-23(35)14-19(30-25(36)39-27(4,5)6)17-34-32-24(31-33-34)21-10-9-20(15-22(21)28)37-13-11-18-8-7-12-29-16-18/h7-10,12,15-16,19H,11,13-14,17H2,1-6H3,(H,30,36)/t19-/m0/s1. The first-order valence-corrected chi connectivity index (χ1v) is 12.6. The SMILES string of the molecule is CC(C)(C)OC(=O)C[C@@H](Cn1nnc(-c2ccc(OCCc3cccnc3)cc2F)n1)NC(=O)OC(C)(C)C. The number of alkyl carbamates (subject to hydrolysis) is 1. The molecular weight excluding hydrogens is 507 g/mol. The van der Waals surface area contributed by atoms with Crippen LogP contribution in [0.3, 0.4) is 0 Å². The summed E-state index contributed by atoms with van der Waals surface area (Å²) in [7, 11) is 0. The van der Waals surface area contributed by atoms with Gasteiger partial charge in [0.2, 0.25) is 5.82 Å². The molecule has 0 fully saturated rings. The molecule has 1 amide bonds. The molecule has 1 atom stereocenters.